The summed E-state index contributed by atoms with van der Waals surface area (Å²) in [6.45, 7) is 5.88. The van der Waals surface area contributed by atoms with Crippen molar-refractivity contribution in [3.05, 3.63) is 0 Å². The molecule has 0 aromatic heterocycles. The van der Waals surface area contributed by atoms with E-state index in [0.717, 1.165) is 0 Å². The van der Waals surface area contributed by atoms with E-state index in [-0.39, 0.29) is 5.60 Å². The van der Waals surface area contributed by atoms with Gasteiger partial charge in [0.1, 0.15) is 0 Å². The predicted molar refractivity (Wildman–Crippen MR) is 41.8 cm³/mol. The smallest absolute Gasteiger partial charge is 0.316 e. The van der Waals surface area contributed by atoms with Crippen LogP contribution >= 0.6 is 8.60 Å². The fourth-order valence-electron chi connectivity index (χ4n) is 0.373. The van der Waals surface area contributed by atoms with Gasteiger partial charge in [0.05, 0.1) is 5.60 Å². The molecule has 4 heteroatoms. The van der Waals surface area contributed by atoms with Crippen molar-refractivity contribution in [3.8, 4) is 0 Å². The topological polar surface area (TPSA) is 27.7 Å². The number of rotatable bonds is 3. The Morgan fingerprint density at radius 3 is 1.50 bits per heavy atom. The van der Waals surface area contributed by atoms with Crippen LogP contribution in [0.2, 0.25) is 0 Å². The second-order valence-electron chi connectivity index (χ2n) is 2.79. The molecule has 0 aromatic rings. The van der Waals surface area contributed by atoms with Crippen LogP contribution in [0.5, 0.6) is 0 Å². The Kier molecular flexibility index (Phi) is 4.37. The van der Waals surface area contributed by atoms with Gasteiger partial charge in [0.25, 0.3) is 0 Å². The van der Waals surface area contributed by atoms with Crippen LogP contribution in [0.25, 0.3) is 0 Å². The standard InChI is InChI=1S/C6H15O3P/c1-6(2,3)9-10(7-4)8-5/h1-5H3. The Morgan fingerprint density at radius 2 is 1.40 bits per heavy atom. The summed E-state index contributed by atoms with van der Waals surface area (Å²) in [5.41, 5.74) is -0.197. The molecule has 0 aromatic carbocycles. The van der Waals surface area contributed by atoms with Gasteiger partial charge < -0.3 is 13.6 Å². The zero-order valence-electron chi connectivity index (χ0n) is 7.17. The van der Waals surface area contributed by atoms with E-state index >= 15 is 0 Å². The fraction of sp³-hybridized carbons (Fsp3) is 1.00. The van der Waals surface area contributed by atoms with Gasteiger partial charge in [-0.1, -0.05) is 0 Å². The summed E-state index contributed by atoms with van der Waals surface area (Å²) < 4.78 is 15.1. The number of hydrogen-bond donors (Lipinski definition) is 0. The molecule has 0 N–H and O–H groups in total. The largest absolute Gasteiger partial charge is 0.332 e. The molecule has 0 unspecified atom stereocenters. The Bertz CT molecular complexity index is 85.5. The minimum absolute atomic E-state index is 0.197. The lowest BCUT2D eigenvalue weighted by molar-refractivity contribution is 0.0925. The Morgan fingerprint density at radius 1 is 1.00 bits per heavy atom. The average Bonchev–Trinajstić information content (AvgIpc) is 1.81. The molecule has 0 heterocycles. The maximum Gasteiger partial charge on any atom is 0.332 e. The van der Waals surface area contributed by atoms with Crippen LogP contribution < -0.4 is 0 Å². The fourth-order valence-corrected chi connectivity index (χ4v) is 1.12. The van der Waals surface area contributed by atoms with Crippen molar-refractivity contribution < 1.29 is 13.6 Å². The molecular formula is C6H15O3P. The van der Waals surface area contributed by atoms with E-state index in [1.165, 1.54) is 0 Å². The Balaban J connectivity index is 3.63. The molecular weight excluding hydrogens is 151 g/mol. The molecule has 0 spiro atoms. The molecule has 0 atom stereocenters. The zero-order valence-corrected chi connectivity index (χ0v) is 8.07. The van der Waals surface area contributed by atoms with Crippen molar-refractivity contribution in [2.24, 2.45) is 0 Å². The van der Waals surface area contributed by atoms with Gasteiger partial charge in [-0.3, -0.25) is 0 Å². The first-order valence-electron chi connectivity index (χ1n) is 3.07. The normalized spacial score (nSPS) is 12.6. The molecule has 10 heavy (non-hydrogen) atoms. The monoisotopic (exact) mass is 166 g/mol. The zero-order chi connectivity index (χ0) is 8.20. The molecule has 0 saturated heterocycles. The second kappa shape index (κ2) is 4.24. The van der Waals surface area contributed by atoms with Gasteiger partial charge >= 0.3 is 8.60 Å². The highest BCUT2D eigenvalue weighted by Crippen LogP contribution is 2.41. The molecule has 0 radical (unpaired) electrons. The van der Waals surface area contributed by atoms with E-state index in [9.17, 15) is 0 Å². The van der Waals surface area contributed by atoms with Gasteiger partial charge in [0.2, 0.25) is 0 Å². The second-order valence-corrected chi connectivity index (χ2v) is 4.15. The Hall–Kier alpha value is 0.310. The first-order chi connectivity index (χ1) is 4.49. The average molecular weight is 166 g/mol. The van der Waals surface area contributed by atoms with Gasteiger partial charge in [-0.05, 0) is 20.8 Å². The maximum atomic E-state index is 5.36. The van der Waals surface area contributed by atoms with Crippen LogP contribution in [0, 0.1) is 0 Å². The van der Waals surface area contributed by atoms with E-state index in [2.05, 4.69) is 0 Å². The van der Waals surface area contributed by atoms with Crippen LogP contribution in [0.4, 0.5) is 0 Å². The van der Waals surface area contributed by atoms with Crippen molar-refractivity contribution in [1.29, 1.82) is 0 Å². The first kappa shape index (κ1) is 10.3. The minimum Gasteiger partial charge on any atom is -0.316 e. The molecule has 62 valence electrons. The van der Waals surface area contributed by atoms with Gasteiger partial charge in [0.15, 0.2) is 0 Å². The summed E-state index contributed by atoms with van der Waals surface area (Å²) in [7, 11) is 2.00. The highest BCUT2D eigenvalue weighted by Gasteiger charge is 2.18. The lowest BCUT2D eigenvalue weighted by atomic mass is 10.2. The quantitative estimate of drug-likeness (QED) is 0.602. The summed E-state index contributed by atoms with van der Waals surface area (Å²) in [6.07, 6.45) is 0. The van der Waals surface area contributed by atoms with Crippen LogP contribution in [0.15, 0.2) is 0 Å². The van der Waals surface area contributed by atoms with Crippen molar-refractivity contribution >= 4 is 8.60 Å². The number of hydrogen-bond acceptors (Lipinski definition) is 3. The van der Waals surface area contributed by atoms with Crippen molar-refractivity contribution in [1.82, 2.24) is 0 Å². The van der Waals surface area contributed by atoms with E-state index < -0.39 is 8.60 Å². The molecule has 0 saturated carbocycles. The lowest BCUT2D eigenvalue weighted by Gasteiger charge is -2.22. The van der Waals surface area contributed by atoms with E-state index in [1.54, 1.807) is 14.2 Å². The van der Waals surface area contributed by atoms with Crippen LogP contribution in [0.3, 0.4) is 0 Å². The summed E-state index contributed by atoms with van der Waals surface area (Å²) in [5, 5.41) is 0. The molecule has 0 aliphatic carbocycles. The first-order valence-corrected chi connectivity index (χ1v) is 4.16. The highest BCUT2D eigenvalue weighted by molar-refractivity contribution is 7.41. The molecule has 0 rings (SSSR count). The predicted octanol–water partition coefficient (Wildman–Crippen LogP) is 2.32. The van der Waals surface area contributed by atoms with Crippen LogP contribution in [-0.2, 0) is 13.6 Å². The molecule has 0 aliphatic rings. The molecule has 3 nitrogen and oxygen atoms in total. The lowest BCUT2D eigenvalue weighted by Crippen LogP contribution is -2.16. The van der Waals surface area contributed by atoms with Gasteiger partial charge in [-0.2, -0.15) is 0 Å². The van der Waals surface area contributed by atoms with Crippen LogP contribution in [-0.4, -0.2) is 19.8 Å². The summed E-state index contributed by atoms with van der Waals surface area (Å²) in [6, 6.07) is 0. The van der Waals surface area contributed by atoms with Crippen molar-refractivity contribution in [2.45, 2.75) is 26.4 Å². The summed E-state index contributed by atoms with van der Waals surface area (Å²) in [4.78, 5) is 0. The van der Waals surface area contributed by atoms with E-state index in [4.69, 9.17) is 13.6 Å². The molecule has 0 aliphatic heterocycles. The SMILES string of the molecule is COP(OC)OC(C)(C)C. The van der Waals surface area contributed by atoms with E-state index in [0.29, 0.717) is 0 Å². The molecule has 0 bridgehead atoms. The maximum absolute atomic E-state index is 5.36. The van der Waals surface area contributed by atoms with Gasteiger partial charge in [0, 0.05) is 14.2 Å². The highest BCUT2D eigenvalue weighted by atomic mass is 31.2. The third-order valence-corrected chi connectivity index (χ3v) is 1.94. The van der Waals surface area contributed by atoms with Gasteiger partial charge in [-0.15, -0.1) is 0 Å². The van der Waals surface area contributed by atoms with E-state index in [1.807, 2.05) is 20.8 Å². The summed E-state index contributed by atoms with van der Waals surface area (Å²) in [5.74, 6) is 0. The minimum atomic E-state index is -1.14. The third-order valence-electron chi connectivity index (χ3n) is 0.647. The summed E-state index contributed by atoms with van der Waals surface area (Å²) >= 11 is 0. The molecule has 0 fully saturated rings. The third kappa shape index (κ3) is 5.12. The molecule has 0 amide bonds. The van der Waals surface area contributed by atoms with Crippen molar-refractivity contribution in [2.75, 3.05) is 14.2 Å². The van der Waals surface area contributed by atoms with Crippen LogP contribution in [0.1, 0.15) is 20.8 Å². The Labute approximate surface area is 63.7 Å². The van der Waals surface area contributed by atoms with Gasteiger partial charge in [-0.25, -0.2) is 0 Å². The van der Waals surface area contributed by atoms with Crippen molar-refractivity contribution in [3.63, 3.8) is 0 Å².